The number of nitrogens with zero attached hydrogens (tertiary/aromatic N) is 2. The molecule has 6 nitrogen and oxygen atoms in total. The number of amides is 1. The fourth-order valence-electron chi connectivity index (χ4n) is 5.76. The van der Waals surface area contributed by atoms with Gasteiger partial charge in [-0.25, -0.2) is 0 Å². The average molecular weight is 468 g/mol. The van der Waals surface area contributed by atoms with Crippen molar-refractivity contribution < 1.29 is 24.6 Å². The molecule has 2 fully saturated rings. The van der Waals surface area contributed by atoms with E-state index in [1.807, 2.05) is 56.6 Å². The number of benzene rings is 2. The maximum absolute atomic E-state index is 13.8. The van der Waals surface area contributed by atoms with Crippen molar-refractivity contribution in [1.82, 2.24) is 4.90 Å². The zero-order valence-corrected chi connectivity index (χ0v) is 20.5. The molecule has 2 aromatic rings. The van der Waals surface area contributed by atoms with Crippen LogP contribution in [0.4, 0.5) is 0 Å². The van der Waals surface area contributed by atoms with Gasteiger partial charge in [-0.05, 0) is 36.1 Å². The van der Waals surface area contributed by atoms with Crippen molar-refractivity contribution in [3.05, 3.63) is 65.7 Å². The number of hydrogen-bond donors (Lipinski definition) is 3. The Balaban J connectivity index is 1.44. The summed E-state index contributed by atoms with van der Waals surface area (Å²) in [6.07, 6.45) is 5.52. The van der Waals surface area contributed by atoms with E-state index in [0.717, 1.165) is 44.2 Å². The van der Waals surface area contributed by atoms with Gasteiger partial charge in [0.05, 0.1) is 20.6 Å². The highest BCUT2D eigenvalue weighted by Crippen LogP contribution is 2.43. The molecule has 2 aromatic carbocycles. The van der Waals surface area contributed by atoms with Gasteiger partial charge in [-0.2, -0.15) is 0 Å². The van der Waals surface area contributed by atoms with Crippen molar-refractivity contribution in [2.24, 2.45) is 5.92 Å². The molecule has 1 amide bonds. The zero-order valence-electron chi connectivity index (χ0n) is 20.5. The number of phenols is 1. The summed E-state index contributed by atoms with van der Waals surface area (Å²) in [6.45, 7) is 1.60. The van der Waals surface area contributed by atoms with Crippen LogP contribution in [0.2, 0.25) is 0 Å². The molecular weight excluding hydrogens is 428 g/mol. The molecule has 184 valence electrons. The van der Waals surface area contributed by atoms with E-state index < -0.39 is 11.3 Å². The van der Waals surface area contributed by atoms with Crippen LogP contribution in [0.1, 0.15) is 49.7 Å². The lowest BCUT2D eigenvalue weighted by Crippen LogP contribution is -2.65. The van der Waals surface area contributed by atoms with Gasteiger partial charge in [0.15, 0.2) is 5.60 Å². The number of carbonyl (C=O) groups is 1. The SMILES string of the molecule is C[N+](C)(CCc1ccc(O)cc1)C1(O)CCN(C(=O)[C@@](O)(c2ccccc2)C2CCCC2)CC1. The third kappa shape index (κ3) is 4.72. The van der Waals surface area contributed by atoms with Crippen molar-refractivity contribution in [3.63, 3.8) is 0 Å². The molecule has 6 heteroatoms. The first-order chi connectivity index (χ1) is 16.2. The Kier molecular flexibility index (Phi) is 7.04. The molecule has 0 radical (unpaired) electrons. The molecule has 1 aliphatic carbocycles. The molecule has 1 saturated carbocycles. The summed E-state index contributed by atoms with van der Waals surface area (Å²) in [4.78, 5) is 15.5. The Bertz CT molecular complexity index is 962. The van der Waals surface area contributed by atoms with Gasteiger partial charge in [0.1, 0.15) is 5.75 Å². The molecule has 0 unspecified atom stereocenters. The van der Waals surface area contributed by atoms with E-state index in [9.17, 15) is 20.1 Å². The minimum atomic E-state index is -1.50. The molecule has 3 N–H and O–H groups in total. The normalized spacial score (nSPS) is 20.8. The maximum atomic E-state index is 13.8. The van der Waals surface area contributed by atoms with Crippen LogP contribution in [0.15, 0.2) is 54.6 Å². The number of phenolic OH excluding ortho intramolecular Hbond substituents is 1. The molecular formula is C28H39N2O4+. The first-order valence-corrected chi connectivity index (χ1v) is 12.6. The summed E-state index contributed by atoms with van der Waals surface area (Å²) >= 11 is 0. The van der Waals surface area contributed by atoms with Gasteiger partial charge >= 0.3 is 0 Å². The van der Waals surface area contributed by atoms with Crippen LogP contribution in [0.5, 0.6) is 5.75 Å². The zero-order chi connectivity index (χ0) is 24.4. The second kappa shape index (κ2) is 9.68. The van der Waals surface area contributed by atoms with E-state index >= 15 is 0 Å². The van der Waals surface area contributed by atoms with Crippen molar-refractivity contribution in [1.29, 1.82) is 0 Å². The Labute approximate surface area is 203 Å². The van der Waals surface area contributed by atoms with E-state index in [-0.39, 0.29) is 17.6 Å². The summed E-state index contributed by atoms with van der Waals surface area (Å²) in [7, 11) is 4.08. The number of piperidine rings is 1. The van der Waals surface area contributed by atoms with E-state index in [1.165, 1.54) is 0 Å². The smallest absolute Gasteiger partial charge is 0.259 e. The van der Waals surface area contributed by atoms with Crippen molar-refractivity contribution in [2.45, 2.75) is 56.3 Å². The van der Waals surface area contributed by atoms with Crippen LogP contribution in [0.25, 0.3) is 0 Å². The van der Waals surface area contributed by atoms with Crippen molar-refractivity contribution >= 4 is 5.91 Å². The van der Waals surface area contributed by atoms with Gasteiger partial charge in [0.2, 0.25) is 5.72 Å². The molecule has 0 aromatic heterocycles. The molecule has 1 atom stereocenters. The van der Waals surface area contributed by atoms with Crippen molar-refractivity contribution in [3.8, 4) is 5.75 Å². The third-order valence-electron chi connectivity index (χ3n) is 8.36. The fraction of sp³-hybridized carbons (Fsp3) is 0.536. The van der Waals surface area contributed by atoms with Crippen molar-refractivity contribution in [2.75, 3.05) is 33.7 Å². The standard InChI is InChI=1S/C28H38N2O4/c1-30(2,21-16-22-12-14-25(31)15-13-22)27(33)17-19-29(20-18-27)26(32)28(34,24-10-6-7-11-24)23-8-4-3-5-9-23/h3-5,8-9,12-15,24,33-34H,6-7,10-11,16-21H2,1-2H3/p+1/t28-/m1/s1. The van der Waals surface area contributed by atoms with Gasteiger partial charge in [0, 0.05) is 38.3 Å². The largest absolute Gasteiger partial charge is 0.508 e. The van der Waals surface area contributed by atoms with Crippen LogP contribution in [-0.2, 0) is 16.8 Å². The van der Waals surface area contributed by atoms with E-state index in [0.29, 0.717) is 36.0 Å². The average Bonchev–Trinajstić information content (AvgIpc) is 3.39. The van der Waals surface area contributed by atoms with E-state index in [4.69, 9.17) is 0 Å². The molecule has 0 spiro atoms. The Morgan fingerprint density at radius 3 is 2.21 bits per heavy atom. The van der Waals surface area contributed by atoms with Gasteiger partial charge in [-0.3, -0.25) is 4.79 Å². The topological polar surface area (TPSA) is 81.0 Å². The second-order valence-corrected chi connectivity index (χ2v) is 10.7. The number of hydrogen-bond acceptors (Lipinski definition) is 4. The minimum absolute atomic E-state index is 0.0688. The van der Waals surface area contributed by atoms with Gasteiger partial charge in [-0.1, -0.05) is 55.3 Å². The Hall–Kier alpha value is -2.41. The fourth-order valence-corrected chi connectivity index (χ4v) is 5.76. The quantitative estimate of drug-likeness (QED) is 0.431. The summed E-state index contributed by atoms with van der Waals surface area (Å²) < 4.78 is 0.432. The lowest BCUT2D eigenvalue weighted by atomic mass is 9.78. The molecule has 4 rings (SSSR count). The van der Waals surface area contributed by atoms with Crippen LogP contribution >= 0.6 is 0 Å². The minimum Gasteiger partial charge on any atom is -0.508 e. The Morgan fingerprint density at radius 1 is 1.03 bits per heavy atom. The summed E-state index contributed by atoms with van der Waals surface area (Å²) in [5, 5.41) is 32.9. The van der Waals surface area contributed by atoms with Gasteiger partial charge < -0.3 is 24.7 Å². The summed E-state index contributed by atoms with van der Waals surface area (Å²) in [6, 6.07) is 16.6. The third-order valence-corrected chi connectivity index (χ3v) is 8.36. The maximum Gasteiger partial charge on any atom is 0.259 e. The summed E-state index contributed by atoms with van der Waals surface area (Å²) in [5.74, 6) is -0.0379. The second-order valence-electron chi connectivity index (χ2n) is 10.7. The predicted molar refractivity (Wildman–Crippen MR) is 132 cm³/mol. The highest BCUT2D eigenvalue weighted by Gasteiger charge is 2.52. The molecule has 34 heavy (non-hydrogen) atoms. The molecule has 1 heterocycles. The highest BCUT2D eigenvalue weighted by atomic mass is 16.3. The Morgan fingerprint density at radius 2 is 1.62 bits per heavy atom. The van der Waals surface area contributed by atoms with E-state index in [2.05, 4.69) is 0 Å². The number of likely N-dealkylation sites (N-methyl/N-ethyl adjacent to an activating group) is 1. The first kappa shape index (κ1) is 24.7. The number of likely N-dealkylation sites (tertiary alicyclic amines) is 1. The molecule has 2 aliphatic rings. The number of aliphatic hydroxyl groups is 2. The number of rotatable bonds is 7. The highest BCUT2D eigenvalue weighted by molar-refractivity contribution is 5.87. The van der Waals surface area contributed by atoms with Crippen LogP contribution < -0.4 is 0 Å². The van der Waals surface area contributed by atoms with Gasteiger partial charge in [0.25, 0.3) is 5.91 Å². The summed E-state index contributed by atoms with van der Waals surface area (Å²) in [5.41, 5.74) is -0.648. The monoisotopic (exact) mass is 467 g/mol. The van der Waals surface area contributed by atoms with Gasteiger partial charge in [-0.15, -0.1) is 0 Å². The number of aromatic hydroxyl groups is 1. The van der Waals surface area contributed by atoms with Crippen LogP contribution in [0.3, 0.4) is 0 Å². The molecule has 0 bridgehead atoms. The number of carbonyl (C=O) groups excluding carboxylic acids is 1. The lowest BCUT2D eigenvalue weighted by Gasteiger charge is -2.50. The molecule has 1 saturated heterocycles. The first-order valence-electron chi connectivity index (χ1n) is 12.6. The van der Waals surface area contributed by atoms with Crippen LogP contribution in [0, 0.1) is 5.92 Å². The van der Waals surface area contributed by atoms with Crippen LogP contribution in [-0.4, -0.2) is 70.1 Å². The predicted octanol–water partition coefficient (Wildman–Crippen LogP) is 3.40. The lowest BCUT2D eigenvalue weighted by molar-refractivity contribution is -0.968. The van der Waals surface area contributed by atoms with E-state index in [1.54, 1.807) is 17.0 Å². The molecule has 1 aliphatic heterocycles. The number of quaternary nitrogens is 1.